The molecule has 1 atom stereocenters. The van der Waals surface area contributed by atoms with Gasteiger partial charge in [0, 0.05) is 12.4 Å². The highest BCUT2D eigenvalue weighted by molar-refractivity contribution is 5.57. The standard InChI is InChI=1S/C12H13N/c1-9-3-4-10(2)12-5-6-13-8-11(12)7-9/h3-9H,1-2H3. The number of nitrogens with zero attached hydrogens (tertiary/aromatic N) is 1. The zero-order chi connectivity index (χ0) is 9.26. The second-order valence-corrected chi connectivity index (χ2v) is 3.53. The first-order valence-corrected chi connectivity index (χ1v) is 4.58. The summed E-state index contributed by atoms with van der Waals surface area (Å²) in [6.07, 6.45) is 10.4. The van der Waals surface area contributed by atoms with Gasteiger partial charge in [0.15, 0.2) is 0 Å². The van der Waals surface area contributed by atoms with Crippen molar-refractivity contribution in [2.75, 3.05) is 0 Å². The van der Waals surface area contributed by atoms with E-state index in [-0.39, 0.29) is 0 Å². The molecule has 0 saturated heterocycles. The minimum atomic E-state index is 0.500. The van der Waals surface area contributed by atoms with Crippen molar-refractivity contribution < 1.29 is 0 Å². The van der Waals surface area contributed by atoms with Crippen LogP contribution >= 0.6 is 0 Å². The van der Waals surface area contributed by atoms with Crippen LogP contribution in [-0.2, 0) is 0 Å². The van der Waals surface area contributed by atoms with Crippen LogP contribution in [0.15, 0.2) is 30.6 Å². The van der Waals surface area contributed by atoms with Gasteiger partial charge in [-0.1, -0.05) is 25.2 Å². The minimum Gasteiger partial charge on any atom is -0.264 e. The maximum Gasteiger partial charge on any atom is 0.0343 e. The Kier molecular flexibility index (Phi) is 2.01. The van der Waals surface area contributed by atoms with E-state index in [0.29, 0.717) is 5.92 Å². The molecular weight excluding hydrogens is 158 g/mol. The molecule has 1 heteroatoms. The Hall–Kier alpha value is -1.37. The van der Waals surface area contributed by atoms with Crippen LogP contribution in [0.25, 0.3) is 11.6 Å². The molecule has 1 aromatic rings. The molecule has 0 aromatic carbocycles. The van der Waals surface area contributed by atoms with Crippen LogP contribution in [0.3, 0.4) is 0 Å². The topological polar surface area (TPSA) is 12.9 Å². The maximum atomic E-state index is 4.14. The largest absolute Gasteiger partial charge is 0.264 e. The highest BCUT2D eigenvalue weighted by atomic mass is 14.6. The molecule has 1 heterocycles. The predicted octanol–water partition coefficient (Wildman–Crippen LogP) is 1.24. The summed E-state index contributed by atoms with van der Waals surface area (Å²) in [4.78, 5) is 4.14. The number of pyridine rings is 1. The molecule has 0 fully saturated rings. The zero-order valence-electron chi connectivity index (χ0n) is 7.99. The number of hydrogen-bond acceptors (Lipinski definition) is 1. The molecule has 66 valence electrons. The van der Waals surface area contributed by atoms with Crippen molar-refractivity contribution in [3.8, 4) is 0 Å². The van der Waals surface area contributed by atoms with Gasteiger partial charge in [-0.15, -0.1) is 0 Å². The zero-order valence-corrected chi connectivity index (χ0v) is 7.99. The summed E-state index contributed by atoms with van der Waals surface area (Å²) in [6.45, 7) is 4.33. The molecule has 0 spiro atoms. The van der Waals surface area contributed by atoms with Gasteiger partial charge >= 0.3 is 0 Å². The molecule has 1 aromatic heterocycles. The summed E-state index contributed by atoms with van der Waals surface area (Å²) in [5.74, 6) is 0.500. The second kappa shape index (κ2) is 3.17. The Labute approximate surface area is 78.1 Å². The second-order valence-electron chi connectivity index (χ2n) is 3.53. The number of fused-ring (bicyclic) bond motifs is 1. The third-order valence-corrected chi connectivity index (χ3v) is 2.37. The Balaban J connectivity index is 2.84. The molecule has 0 radical (unpaired) electrons. The fourth-order valence-electron chi connectivity index (χ4n) is 1.62. The number of rotatable bonds is 0. The average molecular weight is 171 g/mol. The lowest BCUT2D eigenvalue weighted by Gasteiger charge is -1.93. The summed E-state index contributed by atoms with van der Waals surface area (Å²) in [7, 11) is 0. The van der Waals surface area contributed by atoms with Crippen LogP contribution < -0.4 is 10.4 Å². The third kappa shape index (κ3) is 1.55. The molecule has 13 heavy (non-hydrogen) atoms. The van der Waals surface area contributed by atoms with E-state index in [9.17, 15) is 0 Å². The lowest BCUT2D eigenvalue weighted by molar-refractivity contribution is 0.996. The minimum absolute atomic E-state index is 0.500. The highest BCUT2D eigenvalue weighted by Gasteiger charge is 1.97. The number of allylic oxidation sites excluding steroid dienone is 2. The lowest BCUT2D eigenvalue weighted by Crippen LogP contribution is -2.26. The van der Waals surface area contributed by atoms with Crippen LogP contribution in [-0.4, -0.2) is 4.98 Å². The summed E-state index contributed by atoms with van der Waals surface area (Å²) < 4.78 is 0. The van der Waals surface area contributed by atoms with Crippen molar-refractivity contribution in [1.82, 2.24) is 4.98 Å². The van der Waals surface area contributed by atoms with E-state index in [1.54, 1.807) is 0 Å². The van der Waals surface area contributed by atoms with Gasteiger partial charge in [-0.2, -0.15) is 0 Å². The van der Waals surface area contributed by atoms with Crippen molar-refractivity contribution in [2.24, 2.45) is 5.92 Å². The first-order valence-electron chi connectivity index (χ1n) is 4.58. The van der Waals surface area contributed by atoms with Gasteiger partial charge in [0.1, 0.15) is 0 Å². The normalized spacial score (nSPS) is 20.5. The molecule has 0 saturated carbocycles. The van der Waals surface area contributed by atoms with Crippen molar-refractivity contribution >= 4 is 11.6 Å². The first-order chi connectivity index (χ1) is 6.27. The summed E-state index contributed by atoms with van der Waals surface area (Å²) in [6, 6.07) is 2.07. The molecular formula is C12H13N. The van der Waals surface area contributed by atoms with Gasteiger partial charge in [-0.05, 0) is 34.9 Å². The van der Waals surface area contributed by atoms with E-state index >= 15 is 0 Å². The van der Waals surface area contributed by atoms with Crippen molar-refractivity contribution in [2.45, 2.75) is 13.8 Å². The maximum absolute atomic E-state index is 4.14. The summed E-state index contributed by atoms with van der Waals surface area (Å²) >= 11 is 0. The Morgan fingerprint density at radius 2 is 2.23 bits per heavy atom. The molecule has 1 unspecified atom stereocenters. The van der Waals surface area contributed by atoms with E-state index < -0.39 is 0 Å². The highest BCUT2D eigenvalue weighted by Crippen LogP contribution is 2.04. The van der Waals surface area contributed by atoms with Crippen molar-refractivity contribution in [3.63, 3.8) is 0 Å². The summed E-state index contributed by atoms with van der Waals surface area (Å²) in [5.41, 5.74) is 1.32. The molecule has 0 bridgehead atoms. The first kappa shape index (κ1) is 8.24. The van der Waals surface area contributed by atoms with Crippen LogP contribution in [0.1, 0.15) is 13.8 Å². The fourth-order valence-corrected chi connectivity index (χ4v) is 1.62. The molecule has 1 aliphatic rings. The number of aromatic nitrogens is 1. The fraction of sp³-hybridized carbons (Fsp3) is 0.250. The average Bonchev–Trinajstić information content (AvgIpc) is 2.27. The lowest BCUT2D eigenvalue weighted by atomic mass is 10.1. The Bertz CT molecular complexity index is 454. The van der Waals surface area contributed by atoms with Crippen LogP contribution in [0, 0.1) is 5.92 Å². The number of hydrogen-bond donors (Lipinski definition) is 0. The molecule has 0 amide bonds. The summed E-state index contributed by atoms with van der Waals surface area (Å²) in [5, 5.41) is 2.55. The van der Waals surface area contributed by atoms with Crippen molar-refractivity contribution in [3.05, 3.63) is 41.0 Å². The molecule has 1 aliphatic carbocycles. The van der Waals surface area contributed by atoms with Gasteiger partial charge in [-0.3, -0.25) is 4.98 Å². The molecule has 0 N–H and O–H groups in total. The predicted molar refractivity (Wildman–Crippen MR) is 55.3 cm³/mol. The van der Waals surface area contributed by atoms with E-state index in [4.69, 9.17) is 0 Å². The van der Waals surface area contributed by atoms with Crippen LogP contribution in [0.2, 0.25) is 0 Å². The van der Waals surface area contributed by atoms with E-state index in [1.165, 1.54) is 16.0 Å². The van der Waals surface area contributed by atoms with E-state index in [0.717, 1.165) is 0 Å². The van der Waals surface area contributed by atoms with Crippen LogP contribution in [0.5, 0.6) is 0 Å². The van der Waals surface area contributed by atoms with Gasteiger partial charge in [-0.25, -0.2) is 0 Å². The van der Waals surface area contributed by atoms with Gasteiger partial charge < -0.3 is 0 Å². The quantitative estimate of drug-likeness (QED) is 0.572. The van der Waals surface area contributed by atoms with Gasteiger partial charge in [0.25, 0.3) is 0 Å². The van der Waals surface area contributed by atoms with Gasteiger partial charge in [0.2, 0.25) is 0 Å². The van der Waals surface area contributed by atoms with E-state index in [1.807, 2.05) is 12.4 Å². The SMILES string of the molecule is CC1=c2ccncc2=CC(C)C=C1. The molecule has 2 rings (SSSR count). The van der Waals surface area contributed by atoms with Crippen LogP contribution in [0.4, 0.5) is 0 Å². The Morgan fingerprint density at radius 3 is 3.08 bits per heavy atom. The van der Waals surface area contributed by atoms with E-state index in [2.05, 4.69) is 43.1 Å². The third-order valence-electron chi connectivity index (χ3n) is 2.37. The molecule has 0 aliphatic heterocycles. The smallest absolute Gasteiger partial charge is 0.0343 e. The monoisotopic (exact) mass is 171 g/mol. The van der Waals surface area contributed by atoms with Gasteiger partial charge in [0.05, 0.1) is 0 Å². The van der Waals surface area contributed by atoms with Crippen molar-refractivity contribution in [1.29, 1.82) is 0 Å². The molecule has 1 nitrogen and oxygen atoms in total. The Morgan fingerprint density at radius 1 is 1.38 bits per heavy atom.